The van der Waals surface area contributed by atoms with Crippen LogP contribution in [0.5, 0.6) is 0 Å². The van der Waals surface area contributed by atoms with E-state index in [0.29, 0.717) is 5.75 Å². The molecule has 1 atom stereocenters. The quantitative estimate of drug-likeness (QED) is 0.791. The van der Waals surface area contributed by atoms with Gasteiger partial charge in [0.25, 0.3) is 0 Å². The first-order valence-corrected chi connectivity index (χ1v) is 8.14. The van der Waals surface area contributed by atoms with Gasteiger partial charge in [-0.05, 0) is 31.5 Å². The monoisotopic (exact) mass is 304 g/mol. The maximum absolute atomic E-state index is 13.1. The fraction of sp³-hybridized carbons (Fsp3) is 0.235. The molecule has 4 heteroatoms. The molecule has 0 heterocycles. The van der Waals surface area contributed by atoms with Crippen molar-refractivity contribution in [3.05, 3.63) is 70.5 Å². The number of aryl methyl sites for hydroxylation is 2. The molecule has 0 fully saturated rings. The van der Waals surface area contributed by atoms with Gasteiger partial charge in [0, 0.05) is 22.1 Å². The van der Waals surface area contributed by atoms with Crippen LogP contribution in [-0.2, 0) is 16.6 Å². The molecule has 0 aliphatic heterocycles. The van der Waals surface area contributed by atoms with Crippen molar-refractivity contribution in [3.8, 4) is 0 Å². The third-order valence-corrected chi connectivity index (χ3v) is 4.29. The Morgan fingerprint density at radius 2 is 1.76 bits per heavy atom. The average molecular weight is 304 g/mol. The topological polar surface area (TPSA) is 34.1 Å². The van der Waals surface area contributed by atoms with Crippen LogP contribution in [0.2, 0.25) is 0 Å². The molecule has 0 spiro atoms. The summed E-state index contributed by atoms with van der Waals surface area (Å²) < 4.78 is 25.2. The van der Waals surface area contributed by atoms with Crippen LogP contribution in [0.1, 0.15) is 27.0 Å². The van der Waals surface area contributed by atoms with E-state index in [9.17, 15) is 13.4 Å². The average Bonchev–Trinajstić information content (AvgIpc) is 2.37. The molecule has 2 rings (SSSR count). The molecule has 1 unspecified atom stereocenters. The lowest BCUT2D eigenvalue weighted by atomic mass is 10.1. The summed E-state index contributed by atoms with van der Waals surface area (Å²) in [4.78, 5) is 12.0. The van der Waals surface area contributed by atoms with Gasteiger partial charge >= 0.3 is 0 Å². The van der Waals surface area contributed by atoms with Crippen molar-refractivity contribution >= 4 is 16.6 Å². The van der Waals surface area contributed by atoms with Gasteiger partial charge in [-0.2, -0.15) is 0 Å². The minimum atomic E-state index is -1.30. The van der Waals surface area contributed by atoms with Crippen molar-refractivity contribution in [2.75, 3.05) is 5.75 Å². The van der Waals surface area contributed by atoms with E-state index in [0.717, 1.165) is 16.7 Å². The maximum atomic E-state index is 13.1. The van der Waals surface area contributed by atoms with Gasteiger partial charge < -0.3 is 0 Å². The summed E-state index contributed by atoms with van der Waals surface area (Å²) in [5, 5.41) is 0. The Morgan fingerprint density at radius 1 is 1.10 bits per heavy atom. The zero-order chi connectivity index (χ0) is 15.4. The fourth-order valence-corrected chi connectivity index (χ4v) is 3.38. The number of carbonyl (C=O) groups is 1. The molecule has 2 aromatic rings. The molecule has 2 nitrogen and oxygen atoms in total. The Kier molecular flexibility index (Phi) is 5.02. The highest BCUT2D eigenvalue weighted by Crippen LogP contribution is 2.12. The Labute approximate surface area is 126 Å². The second-order valence-electron chi connectivity index (χ2n) is 5.16. The maximum Gasteiger partial charge on any atom is 0.175 e. The highest BCUT2D eigenvalue weighted by molar-refractivity contribution is 7.85. The lowest BCUT2D eigenvalue weighted by Crippen LogP contribution is -2.12. The minimum absolute atomic E-state index is 0.0869. The third-order valence-electron chi connectivity index (χ3n) is 3.05. The number of hydrogen-bond acceptors (Lipinski definition) is 2. The highest BCUT2D eigenvalue weighted by Gasteiger charge is 2.12. The number of hydrogen-bond donors (Lipinski definition) is 0. The first kappa shape index (κ1) is 15.6. The van der Waals surface area contributed by atoms with Gasteiger partial charge in [0.05, 0.1) is 5.75 Å². The van der Waals surface area contributed by atoms with Crippen LogP contribution < -0.4 is 0 Å². The Balaban J connectivity index is 2.03. The van der Waals surface area contributed by atoms with E-state index in [1.807, 2.05) is 32.0 Å². The van der Waals surface area contributed by atoms with Crippen LogP contribution in [-0.4, -0.2) is 15.7 Å². The molecule has 0 aromatic heterocycles. The van der Waals surface area contributed by atoms with Crippen LogP contribution >= 0.6 is 0 Å². The zero-order valence-electron chi connectivity index (χ0n) is 12.1. The molecule has 110 valence electrons. The summed E-state index contributed by atoms with van der Waals surface area (Å²) in [5.74, 6) is -0.502. The van der Waals surface area contributed by atoms with E-state index in [4.69, 9.17) is 0 Å². The van der Waals surface area contributed by atoms with E-state index in [1.165, 1.54) is 18.2 Å². The molecule has 0 saturated heterocycles. The van der Waals surface area contributed by atoms with Crippen molar-refractivity contribution in [2.45, 2.75) is 19.6 Å². The van der Waals surface area contributed by atoms with E-state index < -0.39 is 16.6 Å². The van der Waals surface area contributed by atoms with Crippen molar-refractivity contribution in [3.63, 3.8) is 0 Å². The molecule has 0 aliphatic rings. The van der Waals surface area contributed by atoms with Crippen LogP contribution in [0.15, 0.2) is 42.5 Å². The Hall–Kier alpha value is -1.81. The predicted molar refractivity (Wildman–Crippen MR) is 83.4 cm³/mol. The van der Waals surface area contributed by atoms with Gasteiger partial charge in [0.2, 0.25) is 0 Å². The fourth-order valence-electron chi connectivity index (χ4n) is 2.28. The summed E-state index contributed by atoms with van der Waals surface area (Å²) in [6.45, 7) is 3.97. The third kappa shape index (κ3) is 4.60. The largest absolute Gasteiger partial charge is 0.293 e. The first-order valence-electron chi connectivity index (χ1n) is 6.65. The lowest BCUT2D eigenvalue weighted by molar-refractivity contribution is 0.102. The van der Waals surface area contributed by atoms with Gasteiger partial charge in [0.1, 0.15) is 5.82 Å². The standard InChI is InChI=1S/C17H17FO2S/c1-12-6-13(2)8-14(7-12)10-21(20)11-17(19)15-4-3-5-16(18)9-15/h3-9H,10-11H2,1-2H3. The molecular formula is C17H17FO2S. The van der Waals surface area contributed by atoms with Gasteiger partial charge in [-0.3, -0.25) is 9.00 Å². The SMILES string of the molecule is Cc1cc(C)cc(CS(=O)CC(=O)c2cccc(F)c2)c1. The summed E-state index contributed by atoms with van der Waals surface area (Å²) in [6.07, 6.45) is 0. The number of rotatable bonds is 5. The van der Waals surface area contributed by atoms with Crippen LogP contribution in [0.3, 0.4) is 0 Å². The number of halogens is 1. The molecule has 0 amide bonds. The molecule has 0 saturated carbocycles. The van der Waals surface area contributed by atoms with Gasteiger partial charge in [-0.1, -0.05) is 41.5 Å². The molecule has 2 aromatic carbocycles. The van der Waals surface area contributed by atoms with Crippen LogP contribution in [0, 0.1) is 19.7 Å². The van der Waals surface area contributed by atoms with E-state index >= 15 is 0 Å². The molecule has 0 bridgehead atoms. The number of carbonyl (C=O) groups excluding carboxylic acids is 1. The van der Waals surface area contributed by atoms with Crippen LogP contribution in [0.4, 0.5) is 4.39 Å². The molecular weight excluding hydrogens is 287 g/mol. The summed E-state index contributed by atoms with van der Waals surface area (Å²) in [7, 11) is -1.30. The second kappa shape index (κ2) is 6.76. The van der Waals surface area contributed by atoms with Crippen molar-refractivity contribution < 1.29 is 13.4 Å². The second-order valence-corrected chi connectivity index (χ2v) is 6.61. The Morgan fingerprint density at radius 3 is 2.38 bits per heavy atom. The minimum Gasteiger partial charge on any atom is -0.293 e. The number of ketones is 1. The zero-order valence-corrected chi connectivity index (χ0v) is 12.9. The molecule has 0 N–H and O–H groups in total. The van der Waals surface area contributed by atoms with Gasteiger partial charge in [-0.25, -0.2) is 4.39 Å². The van der Waals surface area contributed by atoms with Gasteiger partial charge in [-0.15, -0.1) is 0 Å². The predicted octanol–water partition coefficient (Wildman–Crippen LogP) is 3.57. The van der Waals surface area contributed by atoms with Crippen molar-refractivity contribution in [1.29, 1.82) is 0 Å². The summed E-state index contributed by atoms with van der Waals surface area (Å²) >= 11 is 0. The van der Waals surface area contributed by atoms with Gasteiger partial charge in [0.15, 0.2) is 5.78 Å². The lowest BCUT2D eigenvalue weighted by Gasteiger charge is -2.05. The van der Waals surface area contributed by atoms with E-state index in [-0.39, 0.29) is 17.1 Å². The van der Waals surface area contributed by atoms with E-state index in [1.54, 1.807) is 6.07 Å². The summed E-state index contributed by atoms with van der Waals surface area (Å²) in [6, 6.07) is 11.5. The number of Topliss-reactive ketones (excluding diaryl/α,β-unsaturated/α-hetero) is 1. The number of benzene rings is 2. The molecule has 0 aliphatic carbocycles. The van der Waals surface area contributed by atoms with E-state index in [2.05, 4.69) is 0 Å². The smallest absolute Gasteiger partial charge is 0.175 e. The molecule has 21 heavy (non-hydrogen) atoms. The highest BCUT2D eigenvalue weighted by atomic mass is 32.2. The van der Waals surface area contributed by atoms with Crippen molar-refractivity contribution in [1.82, 2.24) is 0 Å². The van der Waals surface area contributed by atoms with Crippen molar-refractivity contribution in [2.24, 2.45) is 0 Å². The van der Waals surface area contributed by atoms with Crippen LogP contribution in [0.25, 0.3) is 0 Å². The first-order chi connectivity index (χ1) is 9.94. The summed E-state index contributed by atoms with van der Waals surface area (Å²) in [5.41, 5.74) is 3.44. The normalized spacial score (nSPS) is 12.1. The Bertz CT molecular complexity index is 675. The molecule has 0 radical (unpaired) electrons.